The molecule has 0 atom stereocenters. The number of hydrogen-bond donors (Lipinski definition) is 3. The minimum absolute atomic E-state index is 0. The molecule has 0 bridgehead atoms. The Kier molecular flexibility index (Phi) is 10.0. The quantitative estimate of drug-likeness (QED) is 0.380. The van der Waals surface area contributed by atoms with E-state index in [1.54, 1.807) is 25.3 Å². The molecule has 3 aromatic rings. The zero-order chi connectivity index (χ0) is 23.8. The van der Waals surface area contributed by atoms with Crippen molar-refractivity contribution < 1.29 is 44.2 Å². The average Bonchev–Trinajstić information content (AvgIpc) is 2.81. The molecule has 0 spiro atoms. The Morgan fingerprint density at radius 1 is 1.06 bits per heavy atom. The normalized spacial score (nSPS) is 10.5. The van der Waals surface area contributed by atoms with Crippen LogP contribution in [0, 0.1) is 18.3 Å². The van der Waals surface area contributed by atoms with Gasteiger partial charge in [0, 0.05) is 36.0 Å². The third kappa shape index (κ3) is 7.53. The molecule has 0 saturated heterocycles. The van der Waals surface area contributed by atoms with E-state index < -0.39 is 15.9 Å². The smallest absolute Gasteiger partial charge is 1.00 e. The standard InChI is InChI=1S/C23H24N6O3S.Na.H/c1-3-21(30)29-33(31,32)20-12-10-19(11-13-20)27-23-25-15-16(2)22(28-23)26-18-8-6-17(7-9-18)5-4-14-24;;/h6-13,15H,3-5H2,1-2H3,(H,29,30)(H2,25,26,27,28);;/q;+1;-1. The van der Waals surface area contributed by atoms with Crippen LogP contribution in [0.1, 0.15) is 32.3 Å². The summed E-state index contributed by atoms with van der Waals surface area (Å²) in [4.78, 5) is 20.2. The summed E-state index contributed by atoms with van der Waals surface area (Å²) in [6, 6.07) is 15.9. The third-order valence-corrected chi connectivity index (χ3v) is 6.09. The molecule has 3 rings (SSSR count). The van der Waals surface area contributed by atoms with E-state index in [0.717, 1.165) is 16.8 Å². The Morgan fingerprint density at radius 2 is 1.68 bits per heavy atom. The number of carbonyl (C=O) groups excluding carboxylic acids is 1. The van der Waals surface area contributed by atoms with Crippen LogP contribution in [0.2, 0.25) is 0 Å². The second-order valence-electron chi connectivity index (χ2n) is 7.24. The van der Waals surface area contributed by atoms with Crippen LogP contribution in [0.4, 0.5) is 23.1 Å². The topological polar surface area (TPSA) is 137 Å². The summed E-state index contributed by atoms with van der Waals surface area (Å²) in [5, 5.41) is 15.0. The predicted molar refractivity (Wildman–Crippen MR) is 127 cm³/mol. The van der Waals surface area contributed by atoms with Gasteiger partial charge >= 0.3 is 29.6 Å². The summed E-state index contributed by atoms with van der Waals surface area (Å²) in [6.07, 6.45) is 2.94. The number of nitrogens with zero attached hydrogens (tertiary/aromatic N) is 3. The number of aromatic nitrogens is 2. The molecule has 172 valence electrons. The van der Waals surface area contributed by atoms with Crippen LogP contribution < -0.4 is 44.9 Å². The van der Waals surface area contributed by atoms with Crippen LogP contribution in [0.5, 0.6) is 0 Å². The van der Waals surface area contributed by atoms with Crippen LogP contribution in [0.25, 0.3) is 0 Å². The number of rotatable bonds is 9. The number of carbonyl (C=O) groups is 1. The van der Waals surface area contributed by atoms with Gasteiger partial charge in [0.2, 0.25) is 11.9 Å². The van der Waals surface area contributed by atoms with Crippen molar-refractivity contribution >= 4 is 39.1 Å². The van der Waals surface area contributed by atoms with E-state index in [4.69, 9.17) is 5.26 Å². The van der Waals surface area contributed by atoms with Crippen LogP contribution in [-0.2, 0) is 21.2 Å². The second-order valence-corrected chi connectivity index (χ2v) is 8.92. The van der Waals surface area contributed by atoms with Crippen LogP contribution in [0.15, 0.2) is 59.6 Å². The molecule has 1 aromatic heterocycles. The molecule has 1 amide bonds. The number of aryl methyl sites for hydroxylation is 2. The zero-order valence-electron chi connectivity index (χ0n) is 20.3. The van der Waals surface area contributed by atoms with E-state index in [1.165, 1.54) is 12.1 Å². The third-order valence-electron chi connectivity index (χ3n) is 4.70. The first-order valence-corrected chi connectivity index (χ1v) is 11.8. The molecule has 0 radical (unpaired) electrons. The van der Waals surface area contributed by atoms with Crippen molar-refractivity contribution in [2.45, 2.75) is 38.0 Å². The van der Waals surface area contributed by atoms with Crippen molar-refractivity contribution in [1.29, 1.82) is 5.26 Å². The summed E-state index contributed by atoms with van der Waals surface area (Å²) in [5.74, 6) is 0.393. The molecule has 0 aliphatic heterocycles. The molecule has 11 heteroatoms. The number of nitriles is 1. The fraction of sp³-hybridized carbons (Fsp3) is 0.217. The van der Waals surface area contributed by atoms with Crippen LogP contribution in [-0.4, -0.2) is 24.3 Å². The number of amides is 1. The Labute approximate surface area is 222 Å². The fourth-order valence-corrected chi connectivity index (χ4v) is 3.90. The molecule has 0 fully saturated rings. The van der Waals surface area contributed by atoms with E-state index in [2.05, 4.69) is 26.7 Å². The van der Waals surface area contributed by atoms with E-state index >= 15 is 0 Å². The van der Waals surface area contributed by atoms with Gasteiger partial charge in [0.15, 0.2) is 0 Å². The SMILES string of the molecule is CCC(=O)NS(=O)(=O)c1ccc(Nc2ncc(C)c(Nc3ccc(CCC#N)cc3)n2)cc1.[H-].[Na+]. The molecular formula is C23H25N6NaO3S. The molecule has 34 heavy (non-hydrogen) atoms. The van der Waals surface area contributed by atoms with Crippen LogP contribution in [0.3, 0.4) is 0 Å². The van der Waals surface area contributed by atoms with Gasteiger partial charge in [0.1, 0.15) is 5.82 Å². The van der Waals surface area contributed by atoms with Gasteiger partial charge in [0.25, 0.3) is 10.0 Å². The van der Waals surface area contributed by atoms with Gasteiger partial charge in [-0.15, -0.1) is 0 Å². The first-order chi connectivity index (χ1) is 15.8. The second kappa shape index (κ2) is 12.5. The number of nitrogens with one attached hydrogen (secondary N) is 3. The number of hydrogen-bond acceptors (Lipinski definition) is 8. The minimum atomic E-state index is -3.90. The molecule has 0 aliphatic rings. The Bertz CT molecular complexity index is 1280. The van der Waals surface area contributed by atoms with Crippen molar-refractivity contribution in [1.82, 2.24) is 14.7 Å². The maximum Gasteiger partial charge on any atom is 1.00 e. The Morgan fingerprint density at radius 3 is 2.29 bits per heavy atom. The minimum Gasteiger partial charge on any atom is -1.00 e. The summed E-state index contributed by atoms with van der Waals surface area (Å²) >= 11 is 0. The largest absolute Gasteiger partial charge is 1.00 e. The molecular weight excluding hydrogens is 463 g/mol. The van der Waals surface area contributed by atoms with Gasteiger partial charge in [-0.1, -0.05) is 19.1 Å². The summed E-state index contributed by atoms with van der Waals surface area (Å²) < 4.78 is 26.4. The van der Waals surface area contributed by atoms with Gasteiger partial charge in [-0.3, -0.25) is 4.79 Å². The van der Waals surface area contributed by atoms with E-state index in [-0.39, 0.29) is 42.3 Å². The Hall–Kier alpha value is -2.97. The van der Waals surface area contributed by atoms with Crippen molar-refractivity contribution in [2.75, 3.05) is 10.6 Å². The van der Waals surface area contributed by atoms with Crippen molar-refractivity contribution in [3.8, 4) is 6.07 Å². The van der Waals surface area contributed by atoms with Crippen molar-refractivity contribution in [2.24, 2.45) is 0 Å². The average molecular weight is 489 g/mol. The number of benzene rings is 2. The van der Waals surface area contributed by atoms with E-state index in [9.17, 15) is 13.2 Å². The molecule has 1 heterocycles. The monoisotopic (exact) mass is 488 g/mol. The number of anilines is 4. The van der Waals surface area contributed by atoms with Crippen molar-refractivity contribution in [3.63, 3.8) is 0 Å². The van der Waals surface area contributed by atoms with Gasteiger partial charge in [-0.2, -0.15) is 10.2 Å². The van der Waals surface area contributed by atoms with Gasteiger partial charge in [-0.25, -0.2) is 18.1 Å². The molecule has 3 N–H and O–H groups in total. The maximum absolute atomic E-state index is 12.2. The first-order valence-electron chi connectivity index (χ1n) is 10.3. The van der Waals surface area contributed by atoms with Crippen molar-refractivity contribution in [3.05, 3.63) is 65.9 Å². The number of sulfonamides is 1. The van der Waals surface area contributed by atoms with Crippen LogP contribution >= 0.6 is 0 Å². The van der Waals surface area contributed by atoms with E-state index in [1.807, 2.05) is 35.9 Å². The molecule has 0 aliphatic carbocycles. The summed E-state index contributed by atoms with van der Waals surface area (Å²) in [7, 11) is -3.90. The van der Waals surface area contributed by atoms with Gasteiger partial charge in [0.05, 0.1) is 11.0 Å². The molecule has 2 aromatic carbocycles. The summed E-state index contributed by atoms with van der Waals surface area (Å²) in [5.41, 5.74) is 3.38. The maximum atomic E-state index is 12.2. The summed E-state index contributed by atoms with van der Waals surface area (Å²) in [6.45, 7) is 3.46. The molecule has 9 nitrogen and oxygen atoms in total. The molecule has 0 unspecified atom stereocenters. The Balaban J connectivity index is 0.00000306. The predicted octanol–water partition coefficient (Wildman–Crippen LogP) is 1.06. The van der Waals surface area contributed by atoms with E-state index in [0.29, 0.717) is 30.3 Å². The first kappa shape index (κ1) is 27.3. The zero-order valence-corrected chi connectivity index (χ0v) is 22.1. The van der Waals surface area contributed by atoms with Gasteiger partial charge in [-0.05, 0) is 55.3 Å². The molecule has 0 saturated carbocycles. The fourth-order valence-electron chi connectivity index (χ4n) is 2.85. The van der Waals surface area contributed by atoms with Gasteiger partial charge < -0.3 is 12.1 Å².